The molecule has 0 aliphatic heterocycles. The third-order valence-electron chi connectivity index (χ3n) is 5.04. The van der Waals surface area contributed by atoms with E-state index in [9.17, 15) is 9.59 Å². The second kappa shape index (κ2) is 9.55. The molecule has 1 aliphatic rings. The highest BCUT2D eigenvalue weighted by atomic mass is 35.5. The van der Waals surface area contributed by atoms with Gasteiger partial charge in [-0.2, -0.15) is 0 Å². The molecule has 0 radical (unpaired) electrons. The molecular weight excluding hydrogens is 350 g/mol. The van der Waals surface area contributed by atoms with E-state index in [1.807, 2.05) is 30.3 Å². The van der Waals surface area contributed by atoms with Gasteiger partial charge in [0.25, 0.3) is 5.56 Å². The van der Waals surface area contributed by atoms with E-state index in [2.05, 4.69) is 5.32 Å². The molecule has 5 nitrogen and oxygen atoms in total. The third kappa shape index (κ3) is 4.96. The number of nitrogens with two attached hydrogens (primary N) is 1. The molecule has 1 fully saturated rings. The minimum absolute atomic E-state index is 0. The number of nitrogens with one attached hydrogen (secondary N) is 1. The van der Waals surface area contributed by atoms with E-state index in [0.29, 0.717) is 25.6 Å². The summed E-state index contributed by atoms with van der Waals surface area (Å²) in [6, 6.07) is 13.1. The fourth-order valence-electron chi connectivity index (χ4n) is 3.53. The number of amides is 1. The Balaban J connectivity index is 0.00000243. The Kier molecular flexibility index (Phi) is 7.42. The van der Waals surface area contributed by atoms with Crippen molar-refractivity contribution in [1.82, 2.24) is 9.88 Å². The summed E-state index contributed by atoms with van der Waals surface area (Å²) in [6.07, 6.45) is 4.88. The number of benzene rings is 1. The van der Waals surface area contributed by atoms with Crippen LogP contribution in [0.15, 0.2) is 53.5 Å². The van der Waals surface area contributed by atoms with E-state index in [4.69, 9.17) is 5.73 Å². The van der Waals surface area contributed by atoms with Crippen molar-refractivity contribution in [2.75, 3.05) is 6.54 Å². The number of aromatic nitrogens is 1. The fourth-order valence-corrected chi connectivity index (χ4v) is 3.53. The van der Waals surface area contributed by atoms with Gasteiger partial charge in [0.05, 0.1) is 6.54 Å². The van der Waals surface area contributed by atoms with Gasteiger partial charge in [-0.05, 0) is 42.5 Å². The van der Waals surface area contributed by atoms with E-state index in [0.717, 1.165) is 30.4 Å². The standard InChI is InChI=1S/C20H25N3O2.ClH/c21-12-17-4-3-5-18(17)20(25)22-13-15-7-9-16(10-8-15)14-23-11-2-1-6-19(23)24;/h1-2,6-11,17-18H,3-5,12-14,21H2,(H,22,25);1H/t17-,18-;/m1./s1. The van der Waals surface area contributed by atoms with Gasteiger partial charge < -0.3 is 15.6 Å². The van der Waals surface area contributed by atoms with Crippen LogP contribution < -0.4 is 16.6 Å². The Morgan fingerprint density at radius 1 is 1.12 bits per heavy atom. The molecule has 0 spiro atoms. The van der Waals surface area contributed by atoms with Crippen LogP contribution in [0, 0.1) is 11.8 Å². The van der Waals surface area contributed by atoms with Crippen LogP contribution in [-0.4, -0.2) is 17.0 Å². The first-order valence-corrected chi connectivity index (χ1v) is 8.88. The topological polar surface area (TPSA) is 77.1 Å². The zero-order chi connectivity index (χ0) is 17.6. The molecule has 1 heterocycles. The summed E-state index contributed by atoms with van der Waals surface area (Å²) in [4.78, 5) is 24.1. The molecule has 1 saturated carbocycles. The summed E-state index contributed by atoms with van der Waals surface area (Å²) in [5.74, 6) is 0.508. The van der Waals surface area contributed by atoms with Gasteiger partial charge in [-0.15, -0.1) is 12.4 Å². The monoisotopic (exact) mass is 375 g/mol. The molecule has 2 aromatic rings. The molecule has 2 atom stereocenters. The van der Waals surface area contributed by atoms with Gasteiger partial charge in [0.2, 0.25) is 5.91 Å². The van der Waals surface area contributed by atoms with Crippen molar-refractivity contribution in [2.24, 2.45) is 17.6 Å². The first-order valence-electron chi connectivity index (χ1n) is 8.88. The van der Waals surface area contributed by atoms with Crippen LogP contribution in [0.3, 0.4) is 0 Å². The summed E-state index contributed by atoms with van der Waals surface area (Å²) in [6.45, 7) is 1.66. The first-order chi connectivity index (χ1) is 12.2. The lowest BCUT2D eigenvalue weighted by atomic mass is 9.95. The molecular formula is C20H26ClN3O2. The summed E-state index contributed by atoms with van der Waals surface area (Å²) >= 11 is 0. The Labute approximate surface area is 160 Å². The van der Waals surface area contributed by atoms with Crippen LogP contribution in [0.1, 0.15) is 30.4 Å². The SMILES string of the molecule is Cl.NC[C@H]1CCC[C@H]1C(=O)NCc1ccc(Cn2ccccc2=O)cc1. The highest BCUT2D eigenvalue weighted by Crippen LogP contribution is 2.30. The highest BCUT2D eigenvalue weighted by Gasteiger charge is 2.31. The summed E-state index contributed by atoms with van der Waals surface area (Å²) < 4.78 is 1.67. The summed E-state index contributed by atoms with van der Waals surface area (Å²) in [5.41, 5.74) is 7.86. The number of nitrogens with zero attached hydrogens (tertiary/aromatic N) is 1. The minimum Gasteiger partial charge on any atom is -0.352 e. The number of hydrogen-bond donors (Lipinski definition) is 2. The van der Waals surface area contributed by atoms with Crippen LogP contribution in [0.4, 0.5) is 0 Å². The lowest BCUT2D eigenvalue weighted by Crippen LogP contribution is -2.34. The van der Waals surface area contributed by atoms with Crippen molar-refractivity contribution < 1.29 is 4.79 Å². The third-order valence-corrected chi connectivity index (χ3v) is 5.04. The molecule has 0 bridgehead atoms. The Morgan fingerprint density at radius 2 is 1.85 bits per heavy atom. The van der Waals surface area contributed by atoms with E-state index >= 15 is 0 Å². The highest BCUT2D eigenvalue weighted by molar-refractivity contribution is 5.85. The second-order valence-corrected chi connectivity index (χ2v) is 6.73. The van der Waals surface area contributed by atoms with Crippen molar-refractivity contribution in [3.05, 3.63) is 70.1 Å². The van der Waals surface area contributed by atoms with Crippen LogP contribution in [0.5, 0.6) is 0 Å². The average molecular weight is 376 g/mol. The van der Waals surface area contributed by atoms with Gasteiger partial charge >= 0.3 is 0 Å². The Morgan fingerprint density at radius 3 is 2.54 bits per heavy atom. The molecule has 1 aromatic heterocycles. The van der Waals surface area contributed by atoms with Gasteiger partial charge in [0.15, 0.2) is 0 Å². The largest absolute Gasteiger partial charge is 0.352 e. The molecule has 0 saturated heterocycles. The molecule has 140 valence electrons. The van der Waals surface area contributed by atoms with E-state index in [-0.39, 0.29) is 29.8 Å². The van der Waals surface area contributed by atoms with Gasteiger partial charge in [-0.3, -0.25) is 9.59 Å². The van der Waals surface area contributed by atoms with Gasteiger partial charge in [-0.25, -0.2) is 0 Å². The van der Waals surface area contributed by atoms with E-state index in [1.165, 1.54) is 0 Å². The van der Waals surface area contributed by atoms with Crippen molar-refractivity contribution in [3.63, 3.8) is 0 Å². The Bertz CT molecular complexity index is 773. The van der Waals surface area contributed by atoms with Crippen molar-refractivity contribution in [3.8, 4) is 0 Å². The number of rotatable bonds is 6. The molecule has 3 N–H and O–H groups in total. The maximum atomic E-state index is 12.3. The van der Waals surface area contributed by atoms with Gasteiger partial charge in [0.1, 0.15) is 0 Å². The van der Waals surface area contributed by atoms with Crippen LogP contribution in [0.25, 0.3) is 0 Å². The molecule has 1 aromatic carbocycles. The zero-order valence-corrected chi connectivity index (χ0v) is 15.6. The lowest BCUT2D eigenvalue weighted by Gasteiger charge is -2.17. The molecule has 26 heavy (non-hydrogen) atoms. The van der Waals surface area contributed by atoms with Crippen molar-refractivity contribution in [2.45, 2.75) is 32.4 Å². The molecule has 0 unspecified atom stereocenters. The average Bonchev–Trinajstić information content (AvgIpc) is 3.12. The number of pyridine rings is 1. The minimum atomic E-state index is -0.00939. The number of carbonyl (C=O) groups is 1. The predicted octanol–water partition coefficient (Wildman–Crippen LogP) is 2.31. The maximum Gasteiger partial charge on any atom is 0.250 e. The Hall–Kier alpha value is -2.11. The van der Waals surface area contributed by atoms with E-state index < -0.39 is 0 Å². The zero-order valence-electron chi connectivity index (χ0n) is 14.8. The van der Waals surface area contributed by atoms with E-state index in [1.54, 1.807) is 22.9 Å². The summed E-state index contributed by atoms with van der Waals surface area (Å²) in [7, 11) is 0. The maximum absolute atomic E-state index is 12.3. The number of hydrogen-bond acceptors (Lipinski definition) is 3. The van der Waals surface area contributed by atoms with Crippen LogP contribution in [0.2, 0.25) is 0 Å². The first kappa shape index (κ1) is 20.2. The molecule has 1 amide bonds. The van der Waals surface area contributed by atoms with Crippen LogP contribution >= 0.6 is 12.4 Å². The lowest BCUT2D eigenvalue weighted by molar-refractivity contribution is -0.126. The smallest absolute Gasteiger partial charge is 0.250 e. The second-order valence-electron chi connectivity index (χ2n) is 6.73. The fraction of sp³-hybridized carbons (Fsp3) is 0.400. The molecule has 1 aliphatic carbocycles. The normalized spacial score (nSPS) is 19.0. The number of halogens is 1. The van der Waals surface area contributed by atoms with Crippen molar-refractivity contribution in [1.29, 1.82) is 0 Å². The van der Waals surface area contributed by atoms with Crippen molar-refractivity contribution >= 4 is 18.3 Å². The quantitative estimate of drug-likeness (QED) is 0.813. The van der Waals surface area contributed by atoms with Gasteiger partial charge in [-0.1, -0.05) is 36.8 Å². The van der Waals surface area contributed by atoms with Crippen LogP contribution in [-0.2, 0) is 17.9 Å². The summed E-state index contributed by atoms with van der Waals surface area (Å²) in [5, 5.41) is 3.03. The van der Waals surface area contributed by atoms with Gasteiger partial charge in [0, 0.05) is 24.7 Å². The molecule has 3 rings (SSSR count). The predicted molar refractivity (Wildman–Crippen MR) is 105 cm³/mol. The number of carbonyl (C=O) groups excluding carboxylic acids is 1. The molecule has 6 heteroatoms.